The molecule has 0 unspecified atom stereocenters. The molecular weight excluding hydrogens is 318 g/mol. The van der Waals surface area contributed by atoms with E-state index in [4.69, 9.17) is 14.5 Å². The summed E-state index contributed by atoms with van der Waals surface area (Å²) in [7, 11) is 1.79. The van der Waals surface area contributed by atoms with Crippen molar-refractivity contribution in [1.29, 1.82) is 0 Å². The lowest BCUT2D eigenvalue weighted by Gasteiger charge is -2.32. The minimum Gasteiger partial charge on any atom is -0.381 e. The number of aromatic nitrogens is 2. The van der Waals surface area contributed by atoms with Crippen molar-refractivity contribution in [3.05, 3.63) is 29.6 Å². The van der Waals surface area contributed by atoms with E-state index in [1.54, 1.807) is 7.11 Å². The fraction of sp³-hybridized carbons (Fsp3) is 0.579. The molecule has 1 aromatic heterocycles. The predicted octanol–water partition coefficient (Wildman–Crippen LogP) is 2.66. The summed E-state index contributed by atoms with van der Waals surface area (Å²) >= 11 is 0. The van der Waals surface area contributed by atoms with Crippen LogP contribution in [0.2, 0.25) is 0 Å². The number of fused-ring (bicyclic) bond motifs is 1. The fourth-order valence-electron chi connectivity index (χ4n) is 4.08. The van der Waals surface area contributed by atoms with Crippen molar-refractivity contribution in [3.8, 4) is 0 Å². The molecule has 6 heteroatoms. The van der Waals surface area contributed by atoms with Crippen LogP contribution in [-0.2, 0) is 14.3 Å². The molecule has 4 rings (SSSR count). The number of morpholine rings is 1. The van der Waals surface area contributed by atoms with E-state index >= 15 is 0 Å². The van der Waals surface area contributed by atoms with Crippen molar-refractivity contribution in [2.75, 3.05) is 20.3 Å². The van der Waals surface area contributed by atoms with Crippen LogP contribution in [0.15, 0.2) is 18.2 Å². The highest BCUT2D eigenvalue weighted by Gasteiger charge is 2.30. The summed E-state index contributed by atoms with van der Waals surface area (Å²) in [6.45, 7) is 2.68. The Morgan fingerprint density at radius 1 is 1.28 bits per heavy atom. The van der Waals surface area contributed by atoms with E-state index in [0.29, 0.717) is 18.8 Å². The van der Waals surface area contributed by atoms with Crippen LogP contribution in [0.1, 0.15) is 49.2 Å². The van der Waals surface area contributed by atoms with Gasteiger partial charge in [-0.3, -0.25) is 4.79 Å². The predicted molar refractivity (Wildman–Crippen MR) is 94.5 cm³/mol. The van der Waals surface area contributed by atoms with Crippen LogP contribution in [0.25, 0.3) is 11.0 Å². The molecular formula is C19H25N3O3. The first-order valence-electron chi connectivity index (χ1n) is 9.04. The lowest BCUT2D eigenvalue weighted by Crippen LogP contribution is -2.41. The van der Waals surface area contributed by atoms with Gasteiger partial charge in [-0.05, 0) is 50.3 Å². The molecule has 134 valence electrons. The Bertz CT molecular complexity index is 778. The molecule has 2 aliphatic rings. The van der Waals surface area contributed by atoms with Crippen molar-refractivity contribution in [3.63, 3.8) is 0 Å². The second-order valence-corrected chi connectivity index (χ2v) is 7.13. The minimum absolute atomic E-state index is 0.0749. The summed E-state index contributed by atoms with van der Waals surface area (Å²) in [4.78, 5) is 16.7. The number of carbonyl (C=O) groups excluding carboxylic acids is 1. The Hall–Kier alpha value is -1.92. The van der Waals surface area contributed by atoms with E-state index in [-0.39, 0.29) is 18.6 Å². The zero-order chi connectivity index (χ0) is 17.4. The Morgan fingerprint density at radius 2 is 2.08 bits per heavy atom. The molecule has 1 aliphatic heterocycles. The quantitative estimate of drug-likeness (QED) is 0.930. The largest absolute Gasteiger partial charge is 0.381 e. The molecule has 1 amide bonds. The van der Waals surface area contributed by atoms with E-state index in [1.165, 1.54) is 5.56 Å². The third-order valence-corrected chi connectivity index (χ3v) is 5.38. The maximum atomic E-state index is 11.8. The van der Waals surface area contributed by atoms with Gasteiger partial charge in [0.05, 0.1) is 23.7 Å². The van der Waals surface area contributed by atoms with Crippen molar-refractivity contribution < 1.29 is 14.3 Å². The summed E-state index contributed by atoms with van der Waals surface area (Å²) in [5, 5.41) is 3.04. The molecule has 0 bridgehead atoms. The van der Waals surface area contributed by atoms with Crippen molar-refractivity contribution >= 4 is 16.9 Å². The molecule has 1 aliphatic carbocycles. The Balaban J connectivity index is 1.74. The van der Waals surface area contributed by atoms with Crippen LogP contribution >= 0.6 is 0 Å². The Morgan fingerprint density at radius 3 is 2.80 bits per heavy atom. The topological polar surface area (TPSA) is 65.4 Å². The van der Waals surface area contributed by atoms with Gasteiger partial charge in [-0.1, -0.05) is 6.07 Å². The molecule has 1 aromatic carbocycles. The van der Waals surface area contributed by atoms with Crippen LogP contribution < -0.4 is 5.32 Å². The molecule has 2 fully saturated rings. The van der Waals surface area contributed by atoms with Crippen molar-refractivity contribution in [1.82, 2.24) is 14.9 Å². The molecule has 0 spiro atoms. The number of rotatable bonds is 3. The highest BCUT2D eigenvalue weighted by molar-refractivity contribution is 5.79. The van der Waals surface area contributed by atoms with Gasteiger partial charge in [0.1, 0.15) is 18.5 Å². The third-order valence-electron chi connectivity index (χ3n) is 5.38. The number of nitrogens with one attached hydrogen (secondary N) is 1. The molecule has 2 aromatic rings. The van der Waals surface area contributed by atoms with Gasteiger partial charge in [-0.2, -0.15) is 0 Å². The first-order chi connectivity index (χ1) is 12.2. The number of hydrogen-bond donors (Lipinski definition) is 1. The van der Waals surface area contributed by atoms with E-state index in [9.17, 15) is 4.79 Å². The van der Waals surface area contributed by atoms with Gasteiger partial charge in [0.25, 0.3) is 0 Å². The molecule has 2 heterocycles. The molecule has 6 nitrogen and oxygen atoms in total. The van der Waals surface area contributed by atoms with Crippen LogP contribution in [0.5, 0.6) is 0 Å². The van der Waals surface area contributed by atoms with Crippen molar-refractivity contribution in [2.45, 2.75) is 50.8 Å². The number of imidazole rings is 1. The third kappa shape index (κ3) is 3.16. The maximum absolute atomic E-state index is 11.8. The van der Waals surface area contributed by atoms with Gasteiger partial charge in [0, 0.05) is 13.2 Å². The first-order valence-corrected chi connectivity index (χ1v) is 9.04. The first kappa shape index (κ1) is 16.5. The van der Waals surface area contributed by atoms with E-state index in [1.807, 2.05) is 0 Å². The van der Waals surface area contributed by atoms with E-state index < -0.39 is 0 Å². The molecule has 1 saturated heterocycles. The lowest BCUT2D eigenvalue weighted by molar-refractivity contribution is -0.131. The number of ether oxygens (including phenoxy) is 2. The molecule has 1 saturated carbocycles. The Labute approximate surface area is 147 Å². The van der Waals surface area contributed by atoms with Crippen LogP contribution in [0, 0.1) is 6.92 Å². The number of aryl methyl sites for hydroxylation is 1. The zero-order valence-electron chi connectivity index (χ0n) is 14.8. The smallest absolute Gasteiger partial charge is 0.246 e. The van der Waals surface area contributed by atoms with Crippen molar-refractivity contribution in [2.24, 2.45) is 0 Å². The van der Waals surface area contributed by atoms with Gasteiger partial charge in [-0.25, -0.2) is 4.98 Å². The van der Waals surface area contributed by atoms with E-state index in [0.717, 1.165) is 42.5 Å². The number of nitrogens with zero attached hydrogens (tertiary/aromatic N) is 2. The summed E-state index contributed by atoms with van der Waals surface area (Å²) < 4.78 is 13.3. The van der Waals surface area contributed by atoms with Gasteiger partial charge < -0.3 is 19.4 Å². The normalized spacial score (nSPS) is 27.4. The second kappa shape index (κ2) is 6.77. The SMILES string of the molecule is COC1CCC(n2c([C@H]3COCC(=O)N3)nc3cc(C)ccc32)CC1. The van der Waals surface area contributed by atoms with Crippen LogP contribution in [-0.4, -0.2) is 41.9 Å². The highest BCUT2D eigenvalue weighted by Crippen LogP contribution is 2.35. The van der Waals surface area contributed by atoms with E-state index in [2.05, 4.69) is 35.0 Å². The van der Waals surface area contributed by atoms with Gasteiger partial charge in [0.2, 0.25) is 5.91 Å². The summed E-state index contributed by atoms with van der Waals surface area (Å²) in [5.41, 5.74) is 3.32. The standard InChI is InChI=1S/C19H25N3O3/c1-12-3-8-17-15(9-12)21-19(16-10-25-11-18(23)20-16)22(17)13-4-6-14(24-2)7-5-13/h3,8-9,13-14,16H,4-7,10-11H2,1-2H3,(H,20,23)/t13?,14?,16-/m1/s1. The average molecular weight is 343 g/mol. The van der Waals surface area contributed by atoms with Gasteiger partial charge in [-0.15, -0.1) is 0 Å². The number of benzene rings is 1. The number of carbonyl (C=O) groups is 1. The summed E-state index contributed by atoms with van der Waals surface area (Å²) in [5.74, 6) is 0.837. The molecule has 1 atom stereocenters. The molecule has 1 N–H and O–H groups in total. The zero-order valence-corrected chi connectivity index (χ0v) is 14.8. The minimum atomic E-state index is -0.186. The monoisotopic (exact) mass is 343 g/mol. The lowest BCUT2D eigenvalue weighted by atomic mass is 9.92. The van der Waals surface area contributed by atoms with Gasteiger partial charge in [0.15, 0.2) is 0 Å². The number of hydrogen-bond acceptors (Lipinski definition) is 4. The second-order valence-electron chi connectivity index (χ2n) is 7.13. The summed E-state index contributed by atoms with van der Waals surface area (Å²) in [6, 6.07) is 6.58. The van der Waals surface area contributed by atoms with Crippen LogP contribution in [0.3, 0.4) is 0 Å². The fourth-order valence-corrected chi connectivity index (χ4v) is 4.08. The Kier molecular flexibility index (Phi) is 4.48. The number of amides is 1. The highest BCUT2D eigenvalue weighted by atomic mass is 16.5. The maximum Gasteiger partial charge on any atom is 0.246 e. The molecule has 0 radical (unpaired) electrons. The average Bonchev–Trinajstić information content (AvgIpc) is 3.00. The number of methoxy groups -OCH3 is 1. The van der Waals surface area contributed by atoms with Crippen LogP contribution in [0.4, 0.5) is 0 Å². The summed E-state index contributed by atoms with van der Waals surface area (Å²) in [6.07, 6.45) is 4.59. The molecule has 25 heavy (non-hydrogen) atoms. The van der Waals surface area contributed by atoms with Gasteiger partial charge >= 0.3 is 0 Å².